The Morgan fingerprint density at radius 1 is 1.50 bits per heavy atom. The predicted octanol–water partition coefficient (Wildman–Crippen LogP) is 1.27. The van der Waals surface area contributed by atoms with Gasteiger partial charge in [0.1, 0.15) is 0 Å². The lowest BCUT2D eigenvalue weighted by Crippen LogP contribution is -2.18. The van der Waals surface area contributed by atoms with Crippen molar-refractivity contribution in [3.05, 3.63) is 22.5 Å². The summed E-state index contributed by atoms with van der Waals surface area (Å²) in [5.41, 5.74) is 6.12. The fraction of sp³-hybridized carbons (Fsp3) is 0. The zero-order chi connectivity index (χ0) is 5.98. The third kappa shape index (κ3) is 1.08. The third-order valence-electron chi connectivity index (χ3n) is 0.664. The fourth-order valence-corrected chi connectivity index (χ4v) is 0.544. The van der Waals surface area contributed by atoms with Crippen molar-refractivity contribution in [3.63, 3.8) is 0 Å². The van der Waals surface area contributed by atoms with Crippen LogP contribution in [-0.2, 0) is 0 Å². The van der Waals surface area contributed by atoms with Crippen molar-refractivity contribution in [3.8, 4) is 0 Å². The minimum Gasteiger partial charge on any atom is -0.284 e. The molecule has 1 N–H and O–H groups in total. The Balaban J connectivity index is 2.76. The lowest BCUT2D eigenvalue weighted by Gasteiger charge is -2.04. The average molecular weight is 150 g/mol. The minimum absolute atomic E-state index is 0.300. The Kier molecular flexibility index (Phi) is 1.65. The highest BCUT2D eigenvalue weighted by atomic mass is 35.5. The molecule has 1 radical (unpaired) electrons. The van der Waals surface area contributed by atoms with E-state index in [0.717, 1.165) is 0 Å². The number of allylic oxidation sites excluding steroid dienone is 2. The van der Waals surface area contributed by atoms with E-state index in [4.69, 9.17) is 23.2 Å². The topological polar surface area (TPSA) is 26.1 Å². The van der Waals surface area contributed by atoms with Gasteiger partial charge in [-0.2, -0.15) is 5.43 Å². The molecule has 0 aromatic carbocycles. The molecule has 1 aliphatic rings. The molecular formula is C4H3Cl2N2. The summed E-state index contributed by atoms with van der Waals surface area (Å²) in [5, 5.41) is 0.764. The van der Waals surface area contributed by atoms with Crippen LogP contribution >= 0.6 is 23.2 Å². The summed E-state index contributed by atoms with van der Waals surface area (Å²) < 4.78 is 0. The van der Waals surface area contributed by atoms with Crippen molar-refractivity contribution >= 4 is 23.2 Å². The molecule has 0 spiro atoms. The summed E-state index contributed by atoms with van der Waals surface area (Å²) in [5.74, 6) is 0. The van der Waals surface area contributed by atoms with Crippen LogP contribution < -0.4 is 10.9 Å². The van der Waals surface area contributed by atoms with Gasteiger partial charge in [-0.3, -0.25) is 5.43 Å². The zero-order valence-corrected chi connectivity index (χ0v) is 5.37. The van der Waals surface area contributed by atoms with Crippen LogP contribution in [0.4, 0.5) is 0 Å². The van der Waals surface area contributed by atoms with Crippen LogP contribution in [0, 0.1) is 0 Å². The first-order chi connectivity index (χ1) is 3.80. The second-order valence-corrected chi connectivity index (χ2v) is 1.98. The average Bonchev–Trinajstić information content (AvgIpc) is 1.77. The fourth-order valence-electron chi connectivity index (χ4n) is 0.327. The van der Waals surface area contributed by atoms with Gasteiger partial charge in [-0.05, 0) is 6.08 Å². The molecule has 0 fully saturated rings. The van der Waals surface area contributed by atoms with E-state index in [2.05, 4.69) is 10.9 Å². The van der Waals surface area contributed by atoms with E-state index < -0.39 is 0 Å². The second-order valence-electron chi connectivity index (χ2n) is 1.21. The Morgan fingerprint density at radius 2 is 2.25 bits per heavy atom. The van der Waals surface area contributed by atoms with Crippen LogP contribution in [0.2, 0.25) is 0 Å². The maximum atomic E-state index is 5.49. The van der Waals surface area contributed by atoms with Gasteiger partial charge in [0, 0.05) is 6.20 Å². The molecule has 0 saturated carbocycles. The molecule has 0 bridgehead atoms. The summed E-state index contributed by atoms with van der Waals surface area (Å²) in [4.78, 5) is 0. The van der Waals surface area contributed by atoms with Gasteiger partial charge in [0.05, 0.1) is 5.03 Å². The van der Waals surface area contributed by atoms with E-state index in [1.54, 1.807) is 12.3 Å². The Hall–Kier alpha value is -0.340. The zero-order valence-electron chi connectivity index (χ0n) is 3.86. The molecule has 1 aliphatic heterocycles. The van der Waals surface area contributed by atoms with Crippen LogP contribution in [0.1, 0.15) is 0 Å². The van der Waals surface area contributed by atoms with Gasteiger partial charge in [0.2, 0.25) is 0 Å². The van der Waals surface area contributed by atoms with E-state index in [1.165, 1.54) is 0 Å². The summed E-state index contributed by atoms with van der Waals surface area (Å²) in [7, 11) is 0. The number of nitrogens with one attached hydrogen (secondary N) is 1. The van der Waals surface area contributed by atoms with Crippen LogP contribution in [0.25, 0.3) is 0 Å². The highest BCUT2D eigenvalue weighted by molar-refractivity contribution is 6.40. The first-order valence-corrected chi connectivity index (χ1v) is 2.74. The van der Waals surface area contributed by atoms with Crippen LogP contribution in [0.3, 0.4) is 0 Å². The Morgan fingerprint density at radius 3 is 2.62 bits per heavy atom. The van der Waals surface area contributed by atoms with Crippen molar-refractivity contribution in [2.45, 2.75) is 0 Å². The first kappa shape index (κ1) is 5.79. The summed E-state index contributed by atoms with van der Waals surface area (Å²) in [6.45, 7) is 0. The number of hydrogen-bond donors (Lipinski definition) is 1. The number of hydrogen-bond acceptors (Lipinski definition) is 1. The predicted molar refractivity (Wildman–Crippen MR) is 33.1 cm³/mol. The van der Waals surface area contributed by atoms with Gasteiger partial charge < -0.3 is 0 Å². The van der Waals surface area contributed by atoms with E-state index in [9.17, 15) is 0 Å². The van der Waals surface area contributed by atoms with Gasteiger partial charge in [-0.25, -0.2) is 0 Å². The maximum absolute atomic E-state index is 5.49. The Labute approximate surface area is 57.1 Å². The van der Waals surface area contributed by atoms with Crippen molar-refractivity contribution < 1.29 is 0 Å². The smallest absolute Gasteiger partial charge is 0.167 e. The normalized spacial score (nSPS) is 17.8. The van der Waals surface area contributed by atoms with E-state index in [1.807, 2.05) is 0 Å². The molecular weight excluding hydrogens is 147 g/mol. The molecule has 4 heteroatoms. The molecule has 0 atom stereocenters. The summed E-state index contributed by atoms with van der Waals surface area (Å²) in [6, 6.07) is 0. The molecule has 8 heavy (non-hydrogen) atoms. The quantitative estimate of drug-likeness (QED) is 0.517. The molecule has 0 aromatic heterocycles. The number of rotatable bonds is 0. The van der Waals surface area contributed by atoms with Gasteiger partial charge in [0.25, 0.3) is 0 Å². The highest BCUT2D eigenvalue weighted by Crippen LogP contribution is 2.14. The number of nitrogens with zero attached hydrogens (tertiary/aromatic N) is 1. The SMILES string of the molecule is ClC1=C(Cl)[N]NC=C1. The minimum atomic E-state index is 0.300. The maximum Gasteiger partial charge on any atom is 0.167 e. The first-order valence-electron chi connectivity index (χ1n) is 1.99. The molecule has 0 unspecified atom stereocenters. The lowest BCUT2D eigenvalue weighted by atomic mass is 10.5. The molecule has 0 amide bonds. The second kappa shape index (κ2) is 2.29. The standard InChI is InChI=1S/C4H3Cl2N2/c5-3-1-2-7-8-4(3)6/h1-2,7H. The van der Waals surface area contributed by atoms with Gasteiger partial charge >= 0.3 is 0 Å². The monoisotopic (exact) mass is 149 g/mol. The molecule has 43 valence electrons. The van der Waals surface area contributed by atoms with E-state index >= 15 is 0 Å². The van der Waals surface area contributed by atoms with Crippen LogP contribution in [-0.4, -0.2) is 0 Å². The molecule has 0 aliphatic carbocycles. The molecule has 1 rings (SSSR count). The molecule has 0 aromatic rings. The van der Waals surface area contributed by atoms with Gasteiger partial charge in [-0.15, -0.1) is 0 Å². The highest BCUT2D eigenvalue weighted by Gasteiger charge is 2.01. The van der Waals surface area contributed by atoms with Crippen molar-refractivity contribution in [2.75, 3.05) is 0 Å². The van der Waals surface area contributed by atoms with Crippen LogP contribution in [0.15, 0.2) is 22.5 Å². The summed E-state index contributed by atoms with van der Waals surface area (Å²) >= 11 is 10.9. The van der Waals surface area contributed by atoms with E-state index in [-0.39, 0.29) is 0 Å². The molecule has 1 heterocycles. The summed E-state index contributed by atoms with van der Waals surface area (Å²) in [6.07, 6.45) is 3.24. The number of halogens is 2. The van der Waals surface area contributed by atoms with Crippen molar-refractivity contribution in [1.82, 2.24) is 10.9 Å². The van der Waals surface area contributed by atoms with Crippen molar-refractivity contribution in [2.24, 2.45) is 0 Å². The molecule has 0 saturated heterocycles. The van der Waals surface area contributed by atoms with Gasteiger partial charge in [0.15, 0.2) is 5.16 Å². The third-order valence-corrected chi connectivity index (χ3v) is 1.35. The van der Waals surface area contributed by atoms with Crippen LogP contribution in [0.5, 0.6) is 0 Å². The molecule has 2 nitrogen and oxygen atoms in total. The van der Waals surface area contributed by atoms with E-state index in [0.29, 0.717) is 10.2 Å². The lowest BCUT2D eigenvalue weighted by molar-refractivity contribution is 0.733. The van der Waals surface area contributed by atoms with Crippen molar-refractivity contribution in [1.29, 1.82) is 0 Å². The van der Waals surface area contributed by atoms with Gasteiger partial charge in [-0.1, -0.05) is 23.2 Å². The largest absolute Gasteiger partial charge is 0.284 e. The Bertz CT molecular complexity index is 150.